The molecule has 1 aliphatic rings. The molecule has 16 heavy (non-hydrogen) atoms. The molecule has 2 atom stereocenters. The Morgan fingerprint density at radius 1 is 1.56 bits per heavy atom. The van der Waals surface area contributed by atoms with Gasteiger partial charge in [0.1, 0.15) is 6.10 Å². The van der Waals surface area contributed by atoms with E-state index in [4.69, 9.17) is 4.74 Å². The smallest absolute Gasteiger partial charge is 0.311 e. The zero-order chi connectivity index (χ0) is 12.3. The highest BCUT2D eigenvalue weighted by molar-refractivity contribution is 5.83. The van der Waals surface area contributed by atoms with Crippen LogP contribution in [0.25, 0.3) is 0 Å². The number of aliphatic carboxylic acids is 1. The zero-order valence-electron chi connectivity index (χ0n) is 10.0. The second-order valence-electron chi connectivity index (χ2n) is 4.33. The number of amides is 1. The number of carbonyl (C=O) groups is 2. The summed E-state index contributed by atoms with van der Waals surface area (Å²) in [5, 5.41) is 9.19. The van der Waals surface area contributed by atoms with Crippen molar-refractivity contribution in [3.63, 3.8) is 0 Å². The third-order valence-electron chi connectivity index (χ3n) is 3.50. The van der Waals surface area contributed by atoms with Crippen LogP contribution in [0, 0.1) is 5.41 Å². The first-order valence-electron chi connectivity index (χ1n) is 5.52. The van der Waals surface area contributed by atoms with Gasteiger partial charge >= 0.3 is 5.97 Å². The molecule has 0 spiro atoms. The molecule has 0 aromatic carbocycles. The van der Waals surface area contributed by atoms with Crippen LogP contribution >= 0.6 is 0 Å². The molecule has 1 saturated heterocycles. The van der Waals surface area contributed by atoms with E-state index in [-0.39, 0.29) is 5.91 Å². The molecule has 2 unspecified atom stereocenters. The van der Waals surface area contributed by atoms with Crippen molar-refractivity contribution >= 4 is 11.9 Å². The van der Waals surface area contributed by atoms with E-state index < -0.39 is 17.5 Å². The van der Waals surface area contributed by atoms with Crippen LogP contribution in [0.1, 0.15) is 26.7 Å². The first-order valence-corrected chi connectivity index (χ1v) is 5.52. The summed E-state index contributed by atoms with van der Waals surface area (Å²) in [7, 11) is 1.48. The van der Waals surface area contributed by atoms with Crippen LogP contribution in [-0.4, -0.2) is 48.2 Å². The SMILES string of the molecule is CCC1(C(=O)O)CCN(C(=O)C(C)OC)C1. The van der Waals surface area contributed by atoms with Crippen molar-refractivity contribution in [2.75, 3.05) is 20.2 Å². The molecule has 1 aliphatic heterocycles. The average molecular weight is 229 g/mol. The van der Waals surface area contributed by atoms with Crippen molar-refractivity contribution in [2.24, 2.45) is 5.41 Å². The molecule has 92 valence electrons. The molecule has 0 aromatic rings. The van der Waals surface area contributed by atoms with E-state index in [0.29, 0.717) is 25.9 Å². The Bertz CT molecular complexity index is 292. The maximum absolute atomic E-state index is 11.8. The lowest BCUT2D eigenvalue weighted by molar-refractivity contribution is -0.149. The van der Waals surface area contributed by atoms with E-state index >= 15 is 0 Å². The number of hydrogen-bond donors (Lipinski definition) is 1. The second-order valence-corrected chi connectivity index (χ2v) is 4.33. The minimum Gasteiger partial charge on any atom is -0.481 e. The highest BCUT2D eigenvalue weighted by Crippen LogP contribution is 2.34. The van der Waals surface area contributed by atoms with Crippen molar-refractivity contribution in [3.05, 3.63) is 0 Å². The van der Waals surface area contributed by atoms with Gasteiger partial charge in [-0.15, -0.1) is 0 Å². The third kappa shape index (κ3) is 2.19. The van der Waals surface area contributed by atoms with Gasteiger partial charge in [0.05, 0.1) is 5.41 Å². The maximum Gasteiger partial charge on any atom is 0.311 e. The average Bonchev–Trinajstić information content (AvgIpc) is 2.72. The molecule has 0 bridgehead atoms. The van der Waals surface area contributed by atoms with E-state index in [9.17, 15) is 14.7 Å². The third-order valence-corrected chi connectivity index (χ3v) is 3.50. The monoisotopic (exact) mass is 229 g/mol. The second kappa shape index (κ2) is 4.82. The fraction of sp³-hybridized carbons (Fsp3) is 0.818. The van der Waals surface area contributed by atoms with E-state index in [1.54, 1.807) is 11.8 Å². The molecule has 0 radical (unpaired) electrons. The summed E-state index contributed by atoms with van der Waals surface area (Å²) in [6.07, 6.45) is 0.579. The summed E-state index contributed by atoms with van der Waals surface area (Å²) in [5.41, 5.74) is -0.761. The summed E-state index contributed by atoms with van der Waals surface area (Å²) >= 11 is 0. The Labute approximate surface area is 95.4 Å². The van der Waals surface area contributed by atoms with Gasteiger partial charge in [0.2, 0.25) is 0 Å². The zero-order valence-corrected chi connectivity index (χ0v) is 10.0. The molecule has 1 heterocycles. The van der Waals surface area contributed by atoms with Crippen molar-refractivity contribution in [3.8, 4) is 0 Å². The molecule has 1 rings (SSSR count). The number of ether oxygens (including phenoxy) is 1. The van der Waals surface area contributed by atoms with Gasteiger partial charge in [-0.2, -0.15) is 0 Å². The summed E-state index contributed by atoms with van der Waals surface area (Å²) in [6.45, 7) is 4.33. The predicted molar refractivity (Wildman–Crippen MR) is 58.0 cm³/mol. The van der Waals surface area contributed by atoms with Crippen LogP contribution < -0.4 is 0 Å². The van der Waals surface area contributed by atoms with E-state index in [1.807, 2.05) is 6.92 Å². The Hall–Kier alpha value is -1.10. The number of likely N-dealkylation sites (tertiary alicyclic amines) is 1. The molecule has 0 saturated carbocycles. The molecule has 1 amide bonds. The molecule has 0 aliphatic carbocycles. The number of hydrogen-bond acceptors (Lipinski definition) is 3. The summed E-state index contributed by atoms with van der Waals surface area (Å²) in [6, 6.07) is 0. The lowest BCUT2D eigenvalue weighted by Crippen LogP contribution is -2.40. The standard InChI is InChI=1S/C11H19NO4/c1-4-11(10(14)15)5-6-12(7-11)9(13)8(2)16-3/h8H,4-7H2,1-3H3,(H,14,15). The number of nitrogens with zero attached hydrogens (tertiary/aromatic N) is 1. The number of rotatable bonds is 4. The first kappa shape index (κ1) is 13.0. The number of carboxylic acid groups (broad SMARTS) is 1. The van der Waals surface area contributed by atoms with Crippen molar-refractivity contribution in [1.29, 1.82) is 0 Å². The lowest BCUT2D eigenvalue weighted by atomic mass is 9.84. The molecule has 1 N–H and O–H groups in total. The first-order chi connectivity index (χ1) is 7.46. The van der Waals surface area contributed by atoms with Gasteiger partial charge in [0, 0.05) is 20.2 Å². The Morgan fingerprint density at radius 3 is 2.56 bits per heavy atom. The van der Waals surface area contributed by atoms with Gasteiger partial charge in [0.15, 0.2) is 0 Å². The van der Waals surface area contributed by atoms with Gasteiger partial charge in [0.25, 0.3) is 5.91 Å². The number of methoxy groups -OCH3 is 1. The minimum atomic E-state index is -0.810. The van der Waals surface area contributed by atoms with E-state index in [0.717, 1.165) is 0 Å². The number of carboxylic acids is 1. The largest absolute Gasteiger partial charge is 0.481 e. The van der Waals surface area contributed by atoms with Crippen LogP contribution in [-0.2, 0) is 14.3 Å². The van der Waals surface area contributed by atoms with Crippen molar-refractivity contribution < 1.29 is 19.4 Å². The van der Waals surface area contributed by atoms with Crippen molar-refractivity contribution in [1.82, 2.24) is 4.90 Å². The Balaban J connectivity index is 2.71. The van der Waals surface area contributed by atoms with Gasteiger partial charge in [-0.05, 0) is 19.8 Å². The maximum atomic E-state index is 11.8. The highest BCUT2D eigenvalue weighted by atomic mass is 16.5. The van der Waals surface area contributed by atoms with Gasteiger partial charge in [-0.3, -0.25) is 9.59 Å². The molecule has 1 fully saturated rings. The van der Waals surface area contributed by atoms with E-state index in [1.165, 1.54) is 7.11 Å². The summed E-state index contributed by atoms with van der Waals surface area (Å²) in [5.74, 6) is -0.936. The molecule has 5 nitrogen and oxygen atoms in total. The molecule has 0 aromatic heterocycles. The fourth-order valence-corrected chi connectivity index (χ4v) is 2.03. The lowest BCUT2D eigenvalue weighted by Gasteiger charge is -2.24. The molecular formula is C11H19NO4. The van der Waals surface area contributed by atoms with E-state index in [2.05, 4.69) is 0 Å². The summed E-state index contributed by atoms with van der Waals surface area (Å²) < 4.78 is 4.95. The normalized spacial score (nSPS) is 26.8. The quantitative estimate of drug-likeness (QED) is 0.772. The predicted octanol–water partition coefficient (Wildman–Crippen LogP) is 0.735. The highest BCUT2D eigenvalue weighted by Gasteiger charge is 2.45. The molecule has 5 heteroatoms. The van der Waals surface area contributed by atoms with Crippen LogP contribution in [0.2, 0.25) is 0 Å². The fourth-order valence-electron chi connectivity index (χ4n) is 2.03. The Kier molecular flexibility index (Phi) is 3.91. The molecular weight excluding hydrogens is 210 g/mol. The van der Waals surface area contributed by atoms with Gasteiger partial charge in [-0.1, -0.05) is 6.92 Å². The number of carbonyl (C=O) groups excluding carboxylic acids is 1. The van der Waals surface area contributed by atoms with Crippen LogP contribution in [0.15, 0.2) is 0 Å². The van der Waals surface area contributed by atoms with Crippen LogP contribution in [0.5, 0.6) is 0 Å². The van der Waals surface area contributed by atoms with Crippen molar-refractivity contribution in [2.45, 2.75) is 32.8 Å². The van der Waals surface area contributed by atoms with Gasteiger partial charge < -0.3 is 14.7 Å². The summed E-state index contributed by atoms with van der Waals surface area (Å²) in [4.78, 5) is 24.6. The topological polar surface area (TPSA) is 66.8 Å². The Morgan fingerprint density at radius 2 is 2.19 bits per heavy atom. The van der Waals surface area contributed by atoms with Crippen LogP contribution in [0.3, 0.4) is 0 Å². The van der Waals surface area contributed by atoms with Crippen LogP contribution in [0.4, 0.5) is 0 Å². The van der Waals surface area contributed by atoms with Gasteiger partial charge in [-0.25, -0.2) is 0 Å². The minimum absolute atomic E-state index is 0.126.